The zero-order valence-electron chi connectivity index (χ0n) is 17.6. The summed E-state index contributed by atoms with van der Waals surface area (Å²) >= 11 is 0. The van der Waals surface area contributed by atoms with Crippen molar-refractivity contribution in [1.82, 2.24) is 10.0 Å². The van der Waals surface area contributed by atoms with Gasteiger partial charge in [0.2, 0.25) is 10.0 Å². The molecule has 1 amide bonds. The van der Waals surface area contributed by atoms with E-state index < -0.39 is 10.0 Å². The number of nitrogens with one attached hydrogen (secondary N) is 2. The summed E-state index contributed by atoms with van der Waals surface area (Å²) in [5, 5.41) is 2.90. The van der Waals surface area contributed by atoms with Gasteiger partial charge in [-0.1, -0.05) is 49.6 Å². The molecular weight excluding hydrogens is 400 g/mol. The fourth-order valence-electron chi connectivity index (χ4n) is 3.71. The maximum Gasteiger partial charge on any atom is 0.258 e. The lowest BCUT2D eigenvalue weighted by molar-refractivity contribution is -0.123. The second-order valence-electron chi connectivity index (χ2n) is 7.87. The van der Waals surface area contributed by atoms with Gasteiger partial charge in [0.1, 0.15) is 5.75 Å². The summed E-state index contributed by atoms with van der Waals surface area (Å²) in [5.41, 5.74) is 1.69. The minimum absolute atomic E-state index is 0.00952. The molecule has 6 nitrogen and oxygen atoms in total. The quantitative estimate of drug-likeness (QED) is 0.666. The highest BCUT2D eigenvalue weighted by Gasteiger charge is 2.22. The lowest BCUT2D eigenvalue weighted by atomic mass is 9.96. The summed E-state index contributed by atoms with van der Waals surface area (Å²) in [6.45, 7) is 3.56. The van der Waals surface area contributed by atoms with Crippen LogP contribution >= 0.6 is 0 Å². The zero-order chi connectivity index (χ0) is 21.6. The molecule has 3 rings (SSSR count). The van der Waals surface area contributed by atoms with Crippen LogP contribution in [-0.2, 0) is 14.8 Å². The van der Waals surface area contributed by atoms with Crippen molar-refractivity contribution in [2.75, 3.05) is 6.61 Å². The number of benzene rings is 2. The first kappa shape index (κ1) is 22.3. The average molecular weight is 431 g/mol. The SMILES string of the molecule is Cc1cc(S(=O)(=O)NC2CCCCC2)ccc1OCC(=O)NC(C)c1ccccc1. The molecule has 1 aliphatic carbocycles. The van der Waals surface area contributed by atoms with Gasteiger partial charge in [0, 0.05) is 6.04 Å². The average Bonchev–Trinajstić information content (AvgIpc) is 2.74. The van der Waals surface area contributed by atoms with Gasteiger partial charge in [-0.2, -0.15) is 0 Å². The molecule has 2 N–H and O–H groups in total. The van der Waals surface area contributed by atoms with Crippen LogP contribution in [0.1, 0.15) is 56.2 Å². The van der Waals surface area contributed by atoms with Gasteiger partial charge in [-0.15, -0.1) is 0 Å². The number of ether oxygens (including phenoxy) is 1. The fraction of sp³-hybridized carbons (Fsp3) is 0.435. The highest BCUT2D eigenvalue weighted by Crippen LogP contribution is 2.24. The Morgan fingerprint density at radius 1 is 1.10 bits per heavy atom. The van der Waals surface area contributed by atoms with E-state index in [1.807, 2.05) is 37.3 Å². The number of hydrogen-bond donors (Lipinski definition) is 2. The Hall–Kier alpha value is -2.38. The van der Waals surface area contributed by atoms with E-state index in [1.165, 1.54) is 12.5 Å². The van der Waals surface area contributed by atoms with E-state index in [2.05, 4.69) is 10.0 Å². The summed E-state index contributed by atoms with van der Waals surface area (Å²) in [7, 11) is -3.56. The predicted octanol–water partition coefficient (Wildman–Crippen LogP) is 3.86. The minimum atomic E-state index is -3.56. The molecule has 1 saturated carbocycles. The van der Waals surface area contributed by atoms with Gasteiger partial charge in [0.25, 0.3) is 5.91 Å². The first-order valence-corrected chi connectivity index (χ1v) is 11.9. The Morgan fingerprint density at radius 3 is 2.47 bits per heavy atom. The van der Waals surface area contributed by atoms with Gasteiger partial charge >= 0.3 is 0 Å². The highest BCUT2D eigenvalue weighted by molar-refractivity contribution is 7.89. The van der Waals surface area contributed by atoms with Gasteiger partial charge < -0.3 is 10.1 Å². The third-order valence-corrected chi connectivity index (χ3v) is 6.94. The van der Waals surface area contributed by atoms with Crippen LogP contribution < -0.4 is 14.8 Å². The Bertz CT molecular complexity index is 954. The summed E-state index contributed by atoms with van der Waals surface area (Å²) in [6.07, 6.45) is 5.06. The molecule has 0 bridgehead atoms. The first-order chi connectivity index (χ1) is 14.3. The summed E-state index contributed by atoms with van der Waals surface area (Å²) in [5.74, 6) is 0.260. The van der Waals surface area contributed by atoms with E-state index in [1.54, 1.807) is 19.1 Å². The fourth-order valence-corrected chi connectivity index (χ4v) is 5.10. The van der Waals surface area contributed by atoms with Gasteiger partial charge in [-0.05, 0) is 56.0 Å². The van der Waals surface area contributed by atoms with Crippen molar-refractivity contribution in [3.63, 3.8) is 0 Å². The summed E-state index contributed by atoms with van der Waals surface area (Å²) < 4.78 is 33.8. The number of aryl methyl sites for hydroxylation is 1. The molecule has 0 aliphatic heterocycles. The topological polar surface area (TPSA) is 84.5 Å². The van der Waals surface area contributed by atoms with Crippen molar-refractivity contribution in [1.29, 1.82) is 0 Å². The van der Waals surface area contributed by atoms with Crippen molar-refractivity contribution in [3.8, 4) is 5.75 Å². The second-order valence-corrected chi connectivity index (χ2v) is 9.59. The van der Waals surface area contributed by atoms with Gasteiger partial charge in [0.05, 0.1) is 10.9 Å². The molecule has 0 saturated heterocycles. The van der Waals surface area contributed by atoms with E-state index in [9.17, 15) is 13.2 Å². The number of sulfonamides is 1. The lowest BCUT2D eigenvalue weighted by Crippen LogP contribution is -2.36. The monoisotopic (exact) mass is 430 g/mol. The van der Waals surface area contributed by atoms with Crippen LogP contribution in [0.3, 0.4) is 0 Å². The Morgan fingerprint density at radius 2 is 1.80 bits per heavy atom. The van der Waals surface area contributed by atoms with Crippen molar-refractivity contribution in [2.45, 2.75) is 62.9 Å². The molecular formula is C23H30N2O4S. The van der Waals surface area contributed by atoms with Crippen LogP contribution in [0.15, 0.2) is 53.4 Å². The molecule has 162 valence electrons. The lowest BCUT2D eigenvalue weighted by Gasteiger charge is -2.22. The molecule has 30 heavy (non-hydrogen) atoms. The van der Waals surface area contributed by atoms with E-state index in [-0.39, 0.29) is 29.5 Å². The number of amides is 1. The van der Waals surface area contributed by atoms with E-state index in [0.717, 1.165) is 31.2 Å². The van der Waals surface area contributed by atoms with Gasteiger partial charge in [0.15, 0.2) is 6.61 Å². The Balaban J connectivity index is 1.56. The Labute approximate surface area is 179 Å². The number of hydrogen-bond acceptors (Lipinski definition) is 4. The zero-order valence-corrected chi connectivity index (χ0v) is 18.4. The molecule has 1 fully saturated rings. The molecule has 0 spiro atoms. The third kappa shape index (κ3) is 6.06. The molecule has 1 unspecified atom stereocenters. The van der Waals surface area contributed by atoms with E-state index in [4.69, 9.17) is 4.74 Å². The maximum absolute atomic E-state index is 12.7. The number of rotatable bonds is 8. The maximum atomic E-state index is 12.7. The molecule has 1 aliphatic rings. The van der Waals surface area contributed by atoms with Crippen molar-refractivity contribution in [2.24, 2.45) is 0 Å². The molecule has 2 aromatic carbocycles. The normalized spacial score (nSPS) is 16.1. The smallest absolute Gasteiger partial charge is 0.258 e. The van der Waals surface area contributed by atoms with Crippen molar-refractivity contribution < 1.29 is 17.9 Å². The molecule has 2 aromatic rings. The van der Waals surface area contributed by atoms with Crippen LogP contribution in [0.5, 0.6) is 5.75 Å². The third-order valence-electron chi connectivity index (χ3n) is 5.42. The van der Waals surface area contributed by atoms with Crippen LogP contribution in [0, 0.1) is 6.92 Å². The van der Waals surface area contributed by atoms with Crippen LogP contribution in [0.25, 0.3) is 0 Å². The molecule has 0 heterocycles. The van der Waals surface area contributed by atoms with Crippen LogP contribution in [-0.4, -0.2) is 27.0 Å². The summed E-state index contributed by atoms with van der Waals surface area (Å²) in [4.78, 5) is 12.4. The van der Waals surface area contributed by atoms with Crippen molar-refractivity contribution >= 4 is 15.9 Å². The molecule has 7 heteroatoms. The van der Waals surface area contributed by atoms with Crippen LogP contribution in [0.4, 0.5) is 0 Å². The number of carbonyl (C=O) groups excluding carboxylic acids is 1. The van der Waals surface area contributed by atoms with E-state index >= 15 is 0 Å². The second kappa shape index (κ2) is 10.1. The van der Waals surface area contributed by atoms with Gasteiger partial charge in [-0.25, -0.2) is 13.1 Å². The standard InChI is InChI=1S/C23H30N2O4S/c1-17-15-21(30(27,28)25-20-11-7-4-8-12-20)13-14-22(17)29-16-23(26)24-18(2)19-9-5-3-6-10-19/h3,5-6,9-10,13-15,18,20,25H,4,7-8,11-12,16H2,1-2H3,(H,24,26). The molecule has 1 atom stereocenters. The predicted molar refractivity (Wildman–Crippen MR) is 117 cm³/mol. The first-order valence-electron chi connectivity index (χ1n) is 10.5. The Kier molecular flexibility index (Phi) is 7.50. The molecule has 0 radical (unpaired) electrons. The minimum Gasteiger partial charge on any atom is -0.484 e. The summed E-state index contributed by atoms with van der Waals surface area (Å²) in [6, 6.07) is 14.3. The van der Waals surface area contributed by atoms with E-state index in [0.29, 0.717) is 11.3 Å². The van der Waals surface area contributed by atoms with Gasteiger partial charge in [-0.3, -0.25) is 4.79 Å². The molecule has 0 aromatic heterocycles. The van der Waals surface area contributed by atoms with Crippen molar-refractivity contribution in [3.05, 3.63) is 59.7 Å². The van der Waals surface area contributed by atoms with Crippen LogP contribution in [0.2, 0.25) is 0 Å². The number of carbonyl (C=O) groups is 1. The highest BCUT2D eigenvalue weighted by atomic mass is 32.2. The largest absolute Gasteiger partial charge is 0.484 e.